The number of nitrogens with zero attached hydrogens (tertiary/aromatic N) is 1. The third kappa shape index (κ3) is 0.985. The third-order valence-corrected chi connectivity index (χ3v) is 2.31. The zero-order chi connectivity index (χ0) is 7.68. The number of hydrazone groups is 1. The molecule has 58 valence electrons. The maximum atomic E-state index is 4.06. The van der Waals surface area contributed by atoms with E-state index in [1.165, 1.54) is 5.57 Å². The Morgan fingerprint density at radius 1 is 1.64 bits per heavy atom. The summed E-state index contributed by atoms with van der Waals surface area (Å²) in [5, 5.41) is 4.06. The quantitative estimate of drug-likeness (QED) is 0.598. The molecule has 2 heteroatoms. The molecule has 0 aromatic heterocycles. The van der Waals surface area contributed by atoms with Crippen molar-refractivity contribution in [2.24, 2.45) is 11.0 Å². The lowest BCUT2D eigenvalue weighted by molar-refractivity contribution is 0.593. The summed E-state index contributed by atoms with van der Waals surface area (Å²) in [7, 11) is 0. The van der Waals surface area contributed by atoms with Gasteiger partial charge in [-0.25, -0.2) is 0 Å². The molecule has 11 heavy (non-hydrogen) atoms. The molecule has 1 N–H and O–H groups in total. The van der Waals surface area contributed by atoms with Crippen molar-refractivity contribution in [2.45, 2.75) is 19.4 Å². The van der Waals surface area contributed by atoms with Crippen molar-refractivity contribution in [1.29, 1.82) is 0 Å². The Morgan fingerprint density at radius 2 is 2.55 bits per heavy atom. The van der Waals surface area contributed by atoms with Crippen molar-refractivity contribution >= 4 is 6.21 Å². The second-order valence-corrected chi connectivity index (χ2v) is 2.94. The van der Waals surface area contributed by atoms with Crippen molar-refractivity contribution in [3.63, 3.8) is 0 Å². The van der Waals surface area contributed by atoms with E-state index in [0.717, 1.165) is 6.42 Å². The van der Waals surface area contributed by atoms with E-state index in [2.05, 4.69) is 35.7 Å². The van der Waals surface area contributed by atoms with Crippen LogP contribution in [0.3, 0.4) is 0 Å². The number of hydrogen-bond acceptors (Lipinski definition) is 2. The van der Waals surface area contributed by atoms with Gasteiger partial charge in [-0.05, 0) is 6.42 Å². The molecule has 2 nitrogen and oxygen atoms in total. The minimum absolute atomic E-state index is 0.426. The Labute approximate surface area is 66.7 Å². The van der Waals surface area contributed by atoms with E-state index < -0.39 is 0 Å². The fourth-order valence-electron chi connectivity index (χ4n) is 1.64. The molecule has 0 fully saturated rings. The number of fused-ring (bicyclic) bond motifs is 1. The average molecular weight is 148 g/mol. The fraction of sp³-hybridized carbons (Fsp3) is 0.444. The highest BCUT2D eigenvalue weighted by molar-refractivity contribution is 5.69. The summed E-state index contributed by atoms with van der Waals surface area (Å²) in [5.41, 5.74) is 4.54. The molecule has 1 aliphatic heterocycles. The van der Waals surface area contributed by atoms with Crippen LogP contribution in [-0.4, -0.2) is 12.3 Å². The van der Waals surface area contributed by atoms with E-state index in [0.29, 0.717) is 12.0 Å². The van der Waals surface area contributed by atoms with Crippen LogP contribution >= 0.6 is 0 Å². The smallest absolute Gasteiger partial charge is 0.0739 e. The molecule has 0 bridgehead atoms. The van der Waals surface area contributed by atoms with Gasteiger partial charge in [-0.1, -0.05) is 30.7 Å². The zero-order valence-electron chi connectivity index (χ0n) is 6.62. The van der Waals surface area contributed by atoms with Gasteiger partial charge in [0.25, 0.3) is 0 Å². The van der Waals surface area contributed by atoms with Gasteiger partial charge < -0.3 is 5.43 Å². The van der Waals surface area contributed by atoms with Gasteiger partial charge >= 0.3 is 0 Å². The highest BCUT2D eigenvalue weighted by Crippen LogP contribution is 2.24. The summed E-state index contributed by atoms with van der Waals surface area (Å²) >= 11 is 0. The van der Waals surface area contributed by atoms with E-state index in [9.17, 15) is 0 Å². The van der Waals surface area contributed by atoms with Crippen LogP contribution < -0.4 is 5.43 Å². The normalized spacial score (nSPS) is 33.0. The first-order valence-electron chi connectivity index (χ1n) is 4.08. The Hall–Kier alpha value is -1.05. The summed E-state index contributed by atoms with van der Waals surface area (Å²) in [4.78, 5) is 0. The predicted molar refractivity (Wildman–Crippen MR) is 46.4 cm³/mol. The molecule has 2 atom stereocenters. The fourth-order valence-corrected chi connectivity index (χ4v) is 1.64. The van der Waals surface area contributed by atoms with Crippen molar-refractivity contribution in [1.82, 2.24) is 5.43 Å². The molecule has 0 saturated heterocycles. The average Bonchev–Trinajstić information content (AvgIpc) is 2.50. The molecule has 0 amide bonds. The van der Waals surface area contributed by atoms with Crippen LogP contribution in [0.1, 0.15) is 13.3 Å². The minimum Gasteiger partial charge on any atom is -0.302 e. The van der Waals surface area contributed by atoms with E-state index >= 15 is 0 Å². The minimum atomic E-state index is 0.426. The maximum absolute atomic E-state index is 4.06. The Kier molecular flexibility index (Phi) is 1.53. The topological polar surface area (TPSA) is 24.4 Å². The van der Waals surface area contributed by atoms with Gasteiger partial charge in [0.05, 0.1) is 6.04 Å². The lowest BCUT2D eigenvalue weighted by Gasteiger charge is -2.19. The predicted octanol–water partition coefficient (Wildman–Crippen LogP) is 1.47. The van der Waals surface area contributed by atoms with Crippen LogP contribution in [0.2, 0.25) is 0 Å². The first-order chi connectivity index (χ1) is 5.42. The van der Waals surface area contributed by atoms with Crippen molar-refractivity contribution in [3.8, 4) is 0 Å². The van der Waals surface area contributed by atoms with Gasteiger partial charge in [-0.3, -0.25) is 0 Å². The molecule has 2 aliphatic rings. The standard InChI is InChI=1S/C9H12N2/c1-2-7-4-3-5-9-8(7)6-10-11-9/h3-6,8-9,11H,2H2,1H3. The van der Waals surface area contributed by atoms with Crippen LogP contribution in [0.5, 0.6) is 0 Å². The molecular weight excluding hydrogens is 136 g/mol. The first-order valence-corrected chi connectivity index (χ1v) is 4.08. The molecule has 0 spiro atoms. The highest BCUT2D eigenvalue weighted by atomic mass is 15.3. The van der Waals surface area contributed by atoms with Crippen molar-refractivity contribution in [3.05, 3.63) is 23.8 Å². The lowest BCUT2D eigenvalue weighted by Crippen LogP contribution is -2.27. The molecule has 0 radical (unpaired) electrons. The van der Waals surface area contributed by atoms with Gasteiger partial charge in [0.1, 0.15) is 0 Å². The number of hydrogen-bond donors (Lipinski definition) is 1. The molecule has 2 unspecified atom stereocenters. The Balaban J connectivity index is 2.25. The summed E-state index contributed by atoms with van der Waals surface area (Å²) < 4.78 is 0. The zero-order valence-corrected chi connectivity index (χ0v) is 6.62. The van der Waals surface area contributed by atoms with E-state index in [1.54, 1.807) is 0 Å². The third-order valence-electron chi connectivity index (χ3n) is 2.31. The molecular formula is C9H12N2. The second-order valence-electron chi connectivity index (χ2n) is 2.94. The maximum Gasteiger partial charge on any atom is 0.0739 e. The van der Waals surface area contributed by atoms with Crippen LogP contribution in [-0.2, 0) is 0 Å². The second kappa shape index (κ2) is 2.53. The number of allylic oxidation sites excluding steroid dienone is 2. The SMILES string of the molecule is CCC1=CC=CC2NN=CC12. The van der Waals surface area contributed by atoms with E-state index in [1.807, 2.05) is 6.21 Å². The Bertz CT molecular complexity index is 238. The van der Waals surface area contributed by atoms with Crippen LogP contribution in [0.25, 0.3) is 0 Å². The largest absolute Gasteiger partial charge is 0.302 e. The summed E-state index contributed by atoms with van der Waals surface area (Å²) in [6.45, 7) is 2.19. The number of rotatable bonds is 1. The van der Waals surface area contributed by atoms with Gasteiger partial charge in [0.15, 0.2) is 0 Å². The number of nitrogens with one attached hydrogen (secondary N) is 1. The van der Waals surface area contributed by atoms with Crippen molar-refractivity contribution < 1.29 is 0 Å². The molecule has 0 aromatic rings. The van der Waals surface area contributed by atoms with Gasteiger partial charge in [0.2, 0.25) is 0 Å². The van der Waals surface area contributed by atoms with E-state index in [-0.39, 0.29) is 0 Å². The van der Waals surface area contributed by atoms with Crippen LogP contribution in [0.4, 0.5) is 0 Å². The van der Waals surface area contributed by atoms with Gasteiger partial charge in [0, 0.05) is 12.1 Å². The Morgan fingerprint density at radius 3 is 3.36 bits per heavy atom. The highest BCUT2D eigenvalue weighted by Gasteiger charge is 2.25. The molecule has 1 heterocycles. The van der Waals surface area contributed by atoms with Crippen molar-refractivity contribution in [2.75, 3.05) is 0 Å². The summed E-state index contributed by atoms with van der Waals surface area (Å²) in [6.07, 6.45) is 9.60. The van der Waals surface area contributed by atoms with Gasteiger partial charge in [-0.15, -0.1) is 0 Å². The summed E-state index contributed by atoms with van der Waals surface area (Å²) in [6, 6.07) is 0.426. The van der Waals surface area contributed by atoms with E-state index in [4.69, 9.17) is 0 Å². The molecule has 1 aliphatic carbocycles. The van der Waals surface area contributed by atoms with Gasteiger partial charge in [-0.2, -0.15) is 5.10 Å². The molecule has 0 aromatic carbocycles. The van der Waals surface area contributed by atoms with Crippen LogP contribution in [0, 0.1) is 5.92 Å². The summed E-state index contributed by atoms with van der Waals surface area (Å²) in [5.74, 6) is 0.519. The molecule has 2 rings (SSSR count). The first kappa shape index (κ1) is 6.65. The lowest BCUT2D eigenvalue weighted by atomic mass is 9.88. The van der Waals surface area contributed by atoms with Crippen LogP contribution in [0.15, 0.2) is 28.9 Å². The monoisotopic (exact) mass is 148 g/mol. The molecule has 0 saturated carbocycles.